The summed E-state index contributed by atoms with van der Waals surface area (Å²) >= 11 is 0. The number of nitrogen functional groups attached to an aromatic ring is 1. The van der Waals surface area contributed by atoms with Crippen molar-refractivity contribution in [2.75, 3.05) is 31.9 Å². The van der Waals surface area contributed by atoms with E-state index in [0.717, 1.165) is 39.0 Å². The molecule has 0 aliphatic carbocycles. The fraction of sp³-hybridized carbons (Fsp3) is 0.350. The smallest absolute Gasteiger partial charge is 0.253 e. The van der Waals surface area contributed by atoms with E-state index in [1.165, 1.54) is 5.56 Å². The molecule has 1 atom stereocenters. The summed E-state index contributed by atoms with van der Waals surface area (Å²) in [5.74, 6) is 0.450. The lowest BCUT2D eigenvalue weighted by Crippen LogP contribution is -2.31. The van der Waals surface area contributed by atoms with Gasteiger partial charge in [-0.05, 0) is 43.0 Å². The van der Waals surface area contributed by atoms with Crippen molar-refractivity contribution in [2.45, 2.75) is 12.8 Å². The van der Waals surface area contributed by atoms with Crippen LogP contribution in [0.1, 0.15) is 22.3 Å². The predicted molar refractivity (Wildman–Crippen MR) is 112 cm³/mol. The van der Waals surface area contributed by atoms with E-state index < -0.39 is 0 Å². The van der Waals surface area contributed by atoms with Crippen LogP contribution in [0.4, 0.5) is 5.69 Å². The molecule has 6 heteroatoms. The van der Waals surface area contributed by atoms with E-state index >= 15 is 0 Å². The van der Waals surface area contributed by atoms with Crippen LogP contribution in [0.15, 0.2) is 54.6 Å². The van der Waals surface area contributed by atoms with Crippen molar-refractivity contribution in [1.29, 1.82) is 0 Å². The number of para-hydroxylation sites is 1. The van der Waals surface area contributed by atoms with Crippen LogP contribution in [0.25, 0.3) is 0 Å². The minimum atomic E-state index is -0.0733. The van der Waals surface area contributed by atoms with Gasteiger partial charge in [0.25, 0.3) is 5.91 Å². The summed E-state index contributed by atoms with van der Waals surface area (Å²) in [6.45, 7) is 3.97. The van der Waals surface area contributed by atoms with Crippen molar-refractivity contribution in [3.8, 4) is 0 Å². The molecule has 142 valence electrons. The number of anilines is 1. The van der Waals surface area contributed by atoms with Crippen LogP contribution in [0, 0.1) is 5.92 Å². The van der Waals surface area contributed by atoms with Gasteiger partial charge < -0.3 is 16.0 Å². The zero-order valence-electron chi connectivity index (χ0n) is 14.8. The molecule has 4 nitrogen and oxygen atoms in total. The third-order valence-electron chi connectivity index (χ3n) is 4.69. The van der Waals surface area contributed by atoms with Crippen molar-refractivity contribution < 1.29 is 4.79 Å². The second kappa shape index (κ2) is 11.1. The van der Waals surface area contributed by atoms with Crippen molar-refractivity contribution in [2.24, 2.45) is 5.92 Å². The van der Waals surface area contributed by atoms with E-state index in [1.807, 2.05) is 12.1 Å². The normalized spacial score (nSPS) is 16.4. The average Bonchev–Trinajstić information content (AvgIpc) is 3.07. The van der Waals surface area contributed by atoms with Crippen LogP contribution in [-0.4, -0.2) is 37.0 Å². The molecule has 1 saturated heterocycles. The summed E-state index contributed by atoms with van der Waals surface area (Å²) in [6.07, 6.45) is 2.22. The second-order valence-electron chi connectivity index (χ2n) is 6.49. The molecule has 0 saturated carbocycles. The molecule has 2 aromatic rings. The SMILES string of the molecule is Cl.Cl.Nc1ccccc1C(=O)NCC1CCN(CCc2ccccc2)C1. The van der Waals surface area contributed by atoms with Crippen molar-refractivity contribution in [1.82, 2.24) is 10.2 Å². The Hall–Kier alpha value is -1.75. The maximum atomic E-state index is 12.2. The van der Waals surface area contributed by atoms with Gasteiger partial charge in [0.1, 0.15) is 0 Å². The Labute approximate surface area is 168 Å². The molecule has 0 radical (unpaired) electrons. The number of likely N-dealkylation sites (tertiary alicyclic amines) is 1. The summed E-state index contributed by atoms with van der Waals surface area (Å²) < 4.78 is 0. The minimum absolute atomic E-state index is 0. The molecule has 3 N–H and O–H groups in total. The molecule has 0 spiro atoms. The molecule has 1 unspecified atom stereocenters. The van der Waals surface area contributed by atoms with Gasteiger partial charge in [0.05, 0.1) is 5.56 Å². The highest BCUT2D eigenvalue weighted by molar-refractivity contribution is 5.99. The molecule has 3 rings (SSSR count). The number of amides is 1. The zero-order chi connectivity index (χ0) is 16.8. The largest absolute Gasteiger partial charge is 0.398 e. The first-order valence-electron chi connectivity index (χ1n) is 8.61. The molecule has 1 amide bonds. The van der Waals surface area contributed by atoms with Crippen LogP contribution in [0.2, 0.25) is 0 Å². The quantitative estimate of drug-likeness (QED) is 0.736. The Morgan fingerprint density at radius 2 is 1.77 bits per heavy atom. The van der Waals surface area contributed by atoms with E-state index in [0.29, 0.717) is 17.2 Å². The standard InChI is InChI=1S/C20H25N3O.2ClH/c21-19-9-5-4-8-18(19)20(24)22-14-17-11-13-23(15-17)12-10-16-6-2-1-3-7-16;;/h1-9,17H,10-15,21H2,(H,22,24);2*1H. The average molecular weight is 396 g/mol. The predicted octanol–water partition coefficient (Wildman–Crippen LogP) is 3.41. The van der Waals surface area contributed by atoms with Crippen LogP contribution < -0.4 is 11.1 Å². The van der Waals surface area contributed by atoms with Gasteiger partial charge in [-0.3, -0.25) is 4.79 Å². The third-order valence-corrected chi connectivity index (χ3v) is 4.69. The second-order valence-corrected chi connectivity index (χ2v) is 6.49. The van der Waals surface area contributed by atoms with Crippen LogP contribution >= 0.6 is 24.8 Å². The lowest BCUT2D eigenvalue weighted by atomic mass is 10.1. The minimum Gasteiger partial charge on any atom is -0.398 e. The van der Waals surface area contributed by atoms with Gasteiger partial charge in [0.2, 0.25) is 0 Å². The molecular formula is C20H27Cl2N3O. The fourth-order valence-electron chi connectivity index (χ4n) is 3.25. The van der Waals surface area contributed by atoms with Crippen molar-refractivity contribution >= 4 is 36.4 Å². The van der Waals surface area contributed by atoms with E-state index in [-0.39, 0.29) is 30.7 Å². The summed E-state index contributed by atoms with van der Waals surface area (Å²) in [4.78, 5) is 14.7. The Morgan fingerprint density at radius 3 is 2.50 bits per heavy atom. The molecule has 0 aromatic heterocycles. The summed E-state index contributed by atoms with van der Waals surface area (Å²) in [5.41, 5.74) is 8.34. The molecule has 26 heavy (non-hydrogen) atoms. The summed E-state index contributed by atoms with van der Waals surface area (Å²) in [6, 6.07) is 17.8. The Bertz CT molecular complexity index is 682. The highest BCUT2D eigenvalue weighted by Gasteiger charge is 2.22. The molecular weight excluding hydrogens is 369 g/mol. The molecule has 1 fully saturated rings. The lowest BCUT2D eigenvalue weighted by molar-refractivity contribution is 0.0948. The topological polar surface area (TPSA) is 58.4 Å². The number of nitrogens with one attached hydrogen (secondary N) is 1. The number of hydrogen-bond acceptors (Lipinski definition) is 3. The van der Waals surface area contributed by atoms with Gasteiger partial charge in [-0.15, -0.1) is 24.8 Å². The number of benzene rings is 2. The number of nitrogens with two attached hydrogens (primary N) is 1. The van der Waals surface area contributed by atoms with Crippen molar-refractivity contribution in [3.63, 3.8) is 0 Å². The van der Waals surface area contributed by atoms with Gasteiger partial charge in [0.15, 0.2) is 0 Å². The Balaban J connectivity index is 0.00000169. The van der Waals surface area contributed by atoms with Gasteiger partial charge >= 0.3 is 0 Å². The first-order valence-corrected chi connectivity index (χ1v) is 8.61. The Morgan fingerprint density at radius 1 is 1.08 bits per heavy atom. The maximum Gasteiger partial charge on any atom is 0.253 e. The van der Waals surface area contributed by atoms with Crippen LogP contribution in [0.3, 0.4) is 0 Å². The first-order chi connectivity index (χ1) is 11.7. The van der Waals surface area contributed by atoms with Gasteiger partial charge in [-0.2, -0.15) is 0 Å². The number of carbonyl (C=O) groups excluding carboxylic acids is 1. The number of carbonyl (C=O) groups is 1. The number of rotatable bonds is 6. The monoisotopic (exact) mass is 395 g/mol. The lowest BCUT2D eigenvalue weighted by Gasteiger charge is -2.16. The summed E-state index contributed by atoms with van der Waals surface area (Å²) in [5, 5.41) is 3.03. The zero-order valence-corrected chi connectivity index (χ0v) is 16.4. The highest BCUT2D eigenvalue weighted by Crippen LogP contribution is 2.17. The Kier molecular flexibility index (Phi) is 9.49. The van der Waals surface area contributed by atoms with Gasteiger partial charge in [-0.1, -0.05) is 42.5 Å². The van der Waals surface area contributed by atoms with E-state index in [9.17, 15) is 4.79 Å². The molecule has 1 aliphatic rings. The molecule has 1 aliphatic heterocycles. The molecule has 0 bridgehead atoms. The van der Waals surface area contributed by atoms with Crippen LogP contribution in [0.5, 0.6) is 0 Å². The van der Waals surface area contributed by atoms with E-state index in [4.69, 9.17) is 5.73 Å². The van der Waals surface area contributed by atoms with E-state index in [2.05, 4.69) is 40.5 Å². The van der Waals surface area contributed by atoms with Crippen LogP contribution in [-0.2, 0) is 6.42 Å². The number of hydrogen-bond donors (Lipinski definition) is 2. The van der Waals surface area contributed by atoms with Crippen molar-refractivity contribution in [3.05, 3.63) is 65.7 Å². The fourth-order valence-corrected chi connectivity index (χ4v) is 3.25. The summed E-state index contributed by atoms with van der Waals surface area (Å²) in [7, 11) is 0. The molecule has 2 aromatic carbocycles. The first kappa shape index (κ1) is 22.3. The van der Waals surface area contributed by atoms with E-state index in [1.54, 1.807) is 12.1 Å². The number of halogens is 2. The number of nitrogens with zero attached hydrogens (tertiary/aromatic N) is 1. The van der Waals surface area contributed by atoms with Gasteiger partial charge in [0, 0.05) is 25.3 Å². The third kappa shape index (κ3) is 6.20. The van der Waals surface area contributed by atoms with Gasteiger partial charge in [-0.25, -0.2) is 0 Å². The molecule has 1 heterocycles. The highest BCUT2D eigenvalue weighted by atomic mass is 35.5. The maximum absolute atomic E-state index is 12.2.